The van der Waals surface area contributed by atoms with Gasteiger partial charge in [0, 0.05) is 4.88 Å². The number of thiazole rings is 1. The van der Waals surface area contributed by atoms with E-state index in [2.05, 4.69) is 37.9 Å². The average Bonchev–Trinajstić information content (AvgIpc) is 3.35. The number of carbonyl (C=O) groups is 1. The number of fused-ring (bicyclic) bond motifs is 1. The number of ether oxygens (including phenoxy) is 1. The number of nitrogens with zero attached hydrogens (tertiary/aromatic N) is 2. The van der Waals surface area contributed by atoms with E-state index in [-0.39, 0.29) is 11.0 Å². The zero-order chi connectivity index (χ0) is 22.3. The van der Waals surface area contributed by atoms with E-state index in [4.69, 9.17) is 4.74 Å². The topological polar surface area (TPSA) is 60.7 Å². The number of allylic oxidation sites excluding steroid dienone is 1. The van der Waals surface area contributed by atoms with Crippen LogP contribution in [-0.2, 0) is 14.9 Å². The van der Waals surface area contributed by atoms with Gasteiger partial charge in [-0.2, -0.15) is 0 Å². The Kier molecular flexibility index (Phi) is 5.58. The Morgan fingerprint density at radius 2 is 1.90 bits per heavy atom. The van der Waals surface area contributed by atoms with Crippen LogP contribution < -0.4 is 14.9 Å². The van der Waals surface area contributed by atoms with Crippen LogP contribution >= 0.6 is 22.7 Å². The third-order valence-corrected chi connectivity index (χ3v) is 7.22. The molecule has 0 unspecified atom stereocenters. The Balaban J connectivity index is 1.88. The first-order valence-corrected chi connectivity index (χ1v) is 11.6. The van der Waals surface area contributed by atoms with Crippen LogP contribution in [0.5, 0.6) is 0 Å². The lowest BCUT2D eigenvalue weighted by molar-refractivity contribution is -0.136. The minimum absolute atomic E-state index is 0.0698. The largest absolute Gasteiger partial charge is 0.466 e. The molecular weight excluding hydrogens is 428 g/mol. The molecule has 0 amide bonds. The van der Waals surface area contributed by atoms with Crippen molar-refractivity contribution < 1.29 is 9.53 Å². The Morgan fingerprint density at radius 1 is 1.19 bits per heavy atom. The van der Waals surface area contributed by atoms with Crippen molar-refractivity contribution in [2.45, 2.75) is 39.2 Å². The Morgan fingerprint density at radius 3 is 2.48 bits per heavy atom. The number of methoxy groups -OCH3 is 1. The fraction of sp³-hybridized carbons (Fsp3) is 0.292. The molecule has 0 spiro atoms. The van der Waals surface area contributed by atoms with E-state index in [0.717, 1.165) is 10.4 Å². The fourth-order valence-corrected chi connectivity index (χ4v) is 5.51. The quantitative estimate of drug-likeness (QED) is 0.569. The highest BCUT2D eigenvalue weighted by Gasteiger charge is 2.33. The van der Waals surface area contributed by atoms with Gasteiger partial charge in [-0.05, 0) is 41.0 Å². The van der Waals surface area contributed by atoms with Crippen molar-refractivity contribution in [3.63, 3.8) is 0 Å². The second kappa shape index (κ2) is 8.05. The molecule has 3 heterocycles. The smallest absolute Gasteiger partial charge is 0.338 e. The number of rotatable bonds is 3. The van der Waals surface area contributed by atoms with Crippen molar-refractivity contribution in [3.05, 3.63) is 88.7 Å². The van der Waals surface area contributed by atoms with Crippen LogP contribution in [0.2, 0.25) is 0 Å². The molecule has 1 atom stereocenters. The van der Waals surface area contributed by atoms with Crippen molar-refractivity contribution in [3.8, 4) is 0 Å². The van der Waals surface area contributed by atoms with Gasteiger partial charge in [0.15, 0.2) is 4.80 Å². The molecule has 0 saturated carbocycles. The minimum Gasteiger partial charge on any atom is -0.466 e. The summed E-state index contributed by atoms with van der Waals surface area (Å²) >= 11 is 2.84. The minimum atomic E-state index is -0.533. The summed E-state index contributed by atoms with van der Waals surface area (Å²) < 4.78 is 7.21. The summed E-state index contributed by atoms with van der Waals surface area (Å²) in [5, 5.41) is 1.94. The number of hydrogen-bond acceptors (Lipinski definition) is 6. The highest BCUT2D eigenvalue weighted by atomic mass is 32.1. The number of thiophene rings is 1. The number of carbonyl (C=O) groups excluding carboxylic acids is 1. The van der Waals surface area contributed by atoms with Gasteiger partial charge in [0.1, 0.15) is 6.04 Å². The Labute approximate surface area is 188 Å². The van der Waals surface area contributed by atoms with Crippen molar-refractivity contribution >= 4 is 34.7 Å². The van der Waals surface area contributed by atoms with E-state index in [0.29, 0.717) is 20.6 Å². The van der Waals surface area contributed by atoms with Gasteiger partial charge in [-0.15, -0.1) is 11.3 Å². The highest BCUT2D eigenvalue weighted by molar-refractivity contribution is 7.10. The van der Waals surface area contributed by atoms with Gasteiger partial charge in [-0.25, -0.2) is 9.79 Å². The first kappa shape index (κ1) is 21.5. The first-order chi connectivity index (χ1) is 14.7. The highest BCUT2D eigenvalue weighted by Crippen LogP contribution is 2.33. The summed E-state index contributed by atoms with van der Waals surface area (Å²) in [5.74, 6) is -0.466. The van der Waals surface area contributed by atoms with E-state index in [1.54, 1.807) is 11.5 Å². The van der Waals surface area contributed by atoms with Crippen molar-refractivity contribution in [1.29, 1.82) is 0 Å². The van der Waals surface area contributed by atoms with E-state index in [1.807, 2.05) is 35.7 Å². The standard InChI is InChI=1S/C24H24N2O3S2/c1-14-19(22(28)29-5)20(17-7-6-12-30-17)26-21(27)18(31-23(26)25-14)13-15-8-10-16(11-9-15)24(2,3)4/h6-13,20H,1-5H3/b18-13-/t20-/m1/s1. The summed E-state index contributed by atoms with van der Waals surface area (Å²) in [7, 11) is 1.35. The zero-order valence-corrected chi connectivity index (χ0v) is 19.8. The summed E-state index contributed by atoms with van der Waals surface area (Å²) in [6.45, 7) is 8.30. The summed E-state index contributed by atoms with van der Waals surface area (Å²) in [6, 6.07) is 11.6. The number of esters is 1. The van der Waals surface area contributed by atoms with Gasteiger partial charge in [0.2, 0.25) is 0 Å². The van der Waals surface area contributed by atoms with Crippen LogP contribution in [-0.4, -0.2) is 17.6 Å². The molecular formula is C24H24N2O3S2. The zero-order valence-electron chi connectivity index (χ0n) is 18.1. The molecule has 1 aliphatic rings. The van der Waals surface area contributed by atoms with Gasteiger partial charge in [-0.1, -0.05) is 62.4 Å². The maximum Gasteiger partial charge on any atom is 0.338 e. The van der Waals surface area contributed by atoms with Gasteiger partial charge < -0.3 is 4.74 Å². The van der Waals surface area contributed by atoms with Crippen molar-refractivity contribution in [1.82, 2.24) is 4.57 Å². The monoisotopic (exact) mass is 452 g/mol. The maximum atomic E-state index is 13.4. The van der Waals surface area contributed by atoms with Crippen LogP contribution in [0.15, 0.2) is 62.8 Å². The van der Waals surface area contributed by atoms with E-state index in [1.165, 1.54) is 35.3 Å². The molecule has 1 aromatic carbocycles. The lowest BCUT2D eigenvalue weighted by Crippen LogP contribution is -2.39. The normalized spacial score (nSPS) is 16.8. The Bertz CT molecular complexity index is 1340. The fourth-order valence-electron chi connectivity index (χ4n) is 3.64. The second-order valence-corrected chi connectivity index (χ2v) is 10.4. The van der Waals surface area contributed by atoms with Gasteiger partial charge in [-0.3, -0.25) is 9.36 Å². The summed E-state index contributed by atoms with van der Waals surface area (Å²) in [4.78, 5) is 32.0. The molecule has 160 valence electrons. The molecule has 5 nitrogen and oxygen atoms in total. The molecule has 7 heteroatoms. The predicted octanol–water partition coefficient (Wildman–Crippen LogP) is 3.77. The molecule has 0 N–H and O–H groups in total. The Hall–Kier alpha value is -2.77. The van der Waals surface area contributed by atoms with Gasteiger partial charge in [0.25, 0.3) is 5.56 Å². The van der Waals surface area contributed by atoms with E-state index >= 15 is 0 Å². The van der Waals surface area contributed by atoms with Gasteiger partial charge >= 0.3 is 5.97 Å². The maximum absolute atomic E-state index is 13.4. The van der Waals surface area contributed by atoms with Crippen molar-refractivity contribution in [2.24, 2.45) is 4.99 Å². The van der Waals surface area contributed by atoms with E-state index in [9.17, 15) is 9.59 Å². The molecule has 0 bridgehead atoms. The van der Waals surface area contributed by atoms with Crippen LogP contribution in [0.25, 0.3) is 6.08 Å². The van der Waals surface area contributed by atoms with Gasteiger partial charge in [0.05, 0.1) is 22.9 Å². The lowest BCUT2D eigenvalue weighted by atomic mass is 9.87. The molecule has 0 saturated heterocycles. The lowest BCUT2D eigenvalue weighted by Gasteiger charge is -2.22. The number of benzene rings is 1. The van der Waals surface area contributed by atoms with Crippen LogP contribution in [0.1, 0.15) is 49.7 Å². The molecule has 0 aliphatic carbocycles. The van der Waals surface area contributed by atoms with Crippen molar-refractivity contribution in [2.75, 3.05) is 7.11 Å². The molecule has 2 aromatic heterocycles. The average molecular weight is 453 g/mol. The molecule has 3 aromatic rings. The molecule has 0 radical (unpaired) electrons. The number of aromatic nitrogens is 1. The third-order valence-electron chi connectivity index (χ3n) is 5.31. The van der Waals surface area contributed by atoms with Crippen LogP contribution in [0.4, 0.5) is 0 Å². The predicted molar refractivity (Wildman–Crippen MR) is 125 cm³/mol. The van der Waals surface area contributed by atoms with Crippen LogP contribution in [0, 0.1) is 0 Å². The molecule has 1 aliphatic heterocycles. The first-order valence-electron chi connectivity index (χ1n) is 9.95. The number of hydrogen-bond donors (Lipinski definition) is 0. The molecule has 31 heavy (non-hydrogen) atoms. The third kappa shape index (κ3) is 3.95. The summed E-state index contributed by atoms with van der Waals surface area (Å²) in [5.41, 5.74) is 3.08. The van der Waals surface area contributed by atoms with E-state index < -0.39 is 12.0 Å². The molecule has 0 fully saturated rings. The van der Waals surface area contributed by atoms with Crippen LogP contribution in [0.3, 0.4) is 0 Å². The molecule has 4 rings (SSSR count). The summed E-state index contributed by atoms with van der Waals surface area (Å²) in [6.07, 6.45) is 1.89. The second-order valence-electron chi connectivity index (χ2n) is 8.46. The SMILES string of the molecule is COC(=O)C1=C(C)N=c2s/c(=C\c3ccc(C(C)(C)C)cc3)c(=O)n2[C@@H]1c1cccs1.